The second kappa shape index (κ2) is 6.61. The van der Waals surface area contributed by atoms with Crippen molar-refractivity contribution in [2.24, 2.45) is 0 Å². The van der Waals surface area contributed by atoms with Crippen molar-refractivity contribution in [1.29, 1.82) is 0 Å². The summed E-state index contributed by atoms with van der Waals surface area (Å²) >= 11 is 11.9. The van der Waals surface area contributed by atoms with Crippen molar-refractivity contribution in [2.75, 3.05) is 10.6 Å². The molecule has 21 heavy (non-hydrogen) atoms. The van der Waals surface area contributed by atoms with Crippen molar-refractivity contribution in [3.8, 4) is 0 Å². The lowest BCUT2D eigenvalue weighted by Gasteiger charge is -2.10. The maximum absolute atomic E-state index is 11.9. The van der Waals surface area contributed by atoms with Gasteiger partial charge in [-0.05, 0) is 30.7 Å². The molecule has 2 aromatic carbocycles. The van der Waals surface area contributed by atoms with Gasteiger partial charge < -0.3 is 10.6 Å². The van der Waals surface area contributed by atoms with Gasteiger partial charge in [-0.2, -0.15) is 0 Å². The molecule has 6 heteroatoms. The van der Waals surface area contributed by atoms with Crippen LogP contribution in [0.3, 0.4) is 0 Å². The fourth-order valence-corrected chi connectivity index (χ4v) is 2.17. The van der Waals surface area contributed by atoms with Crippen molar-refractivity contribution >= 4 is 46.4 Å². The number of rotatable bonds is 2. The van der Waals surface area contributed by atoms with Gasteiger partial charge in [0.1, 0.15) is 0 Å². The SMILES string of the molecule is Cc1ccccc1NC(=O)C(=O)Nc1c(Cl)cccc1Cl. The zero-order chi connectivity index (χ0) is 15.4. The van der Waals surface area contributed by atoms with Crippen molar-refractivity contribution in [3.05, 3.63) is 58.1 Å². The number of halogens is 2. The van der Waals surface area contributed by atoms with Crippen LogP contribution in [0, 0.1) is 6.92 Å². The molecule has 2 amide bonds. The molecule has 0 aliphatic rings. The lowest BCUT2D eigenvalue weighted by atomic mass is 10.2. The summed E-state index contributed by atoms with van der Waals surface area (Å²) in [4.78, 5) is 23.8. The molecule has 2 N–H and O–H groups in total. The first-order chi connectivity index (χ1) is 9.99. The summed E-state index contributed by atoms with van der Waals surface area (Å²) in [6.45, 7) is 1.83. The number of amides is 2. The molecule has 0 bridgehead atoms. The average Bonchev–Trinajstić information content (AvgIpc) is 2.45. The van der Waals surface area contributed by atoms with Crippen LogP contribution >= 0.6 is 23.2 Å². The molecule has 0 aliphatic carbocycles. The topological polar surface area (TPSA) is 58.2 Å². The highest BCUT2D eigenvalue weighted by molar-refractivity contribution is 6.46. The maximum atomic E-state index is 11.9. The van der Waals surface area contributed by atoms with Gasteiger partial charge in [0.05, 0.1) is 15.7 Å². The molecule has 0 unspecified atom stereocenters. The largest absolute Gasteiger partial charge is 0.318 e. The standard InChI is InChI=1S/C15H12Cl2N2O2/c1-9-5-2-3-8-12(9)18-14(20)15(21)19-13-10(16)6-4-7-11(13)17/h2-8H,1H3,(H,18,20)(H,19,21). The number of para-hydroxylation sites is 2. The van der Waals surface area contributed by atoms with E-state index in [1.165, 1.54) is 0 Å². The van der Waals surface area contributed by atoms with Gasteiger partial charge in [0, 0.05) is 5.69 Å². The Morgan fingerprint density at radius 1 is 0.857 bits per heavy atom. The van der Waals surface area contributed by atoms with Gasteiger partial charge in [-0.15, -0.1) is 0 Å². The first-order valence-electron chi connectivity index (χ1n) is 6.11. The number of aryl methyl sites for hydroxylation is 1. The zero-order valence-electron chi connectivity index (χ0n) is 11.1. The normalized spacial score (nSPS) is 10.0. The van der Waals surface area contributed by atoms with Crippen molar-refractivity contribution < 1.29 is 9.59 Å². The van der Waals surface area contributed by atoms with Gasteiger partial charge in [-0.1, -0.05) is 47.5 Å². The molecule has 0 saturated carbocycles. The molecule has 4 nitrogen and oxygen atoms in total. The smallest absolute Gasteiger partial charge is 0.314 e. The zero-order valence-corrected chi connectivity index (χ0v) is 12.6. The Hall–Kier alpha value is -2.04. The third-order valence-electron chi connectivity index (χ3n) is 2.80. The van der Waals surface area contributed by atoms with Gasteiger partial charge in [0.15, 0.2) is 0 Å². The lowest BCUT2D eigenvalue weighted by Crippen LogP contribution is -2.29. The summed E-state index contributed by atoms with van der Waals surface area (Å²) in [6.07, 6.45) is 0. The van der Waals surface area contributed by atoms with Crippen molar-refractivity contribution in [3.63, 3.8) is 0 Å². The Labute approximate surface area is 132 Å². The van der Waals surface area contributed by atoms with E-state index >= 15 is 0 Å². The molecule has 0 radical (unpaired) electrons. The Bertz CT molecular complexity index is 682. The van der Waals surface area contributed by atoms with E-state index in [1.54, 1.807) is 30.3 Å². The van der Waals surface area contributed by atoms with Gasteiger partial charge in [0.2, 0.25) is 0 Å². The number of anilines is 2. The molecule has 0 spiro atoms. The van der Waals surface area contributed by atoms with Crippen molar-refractivity contribution in [1.82, 2.24) is 0 Å². The van der Waals surface area contributed by atoms with E-state index in [4.69, 9.17) is 23.2 Å². The molecule has 0 saturated heterocycles. The quantitative estimate of drug-likeness (QED) is 0.824. The van der Waals surface area contributed by atoms with E-state index in [0.29, 0.717) is 5.69 Å². The first-order valence-corrected chi connectivity index (χ1v) is 6.86. The summed E-state index contributed by atoms with van der Waals surface area (Å²) in [6, 6.07) is 11.9. The molecule has 2 rings (SSSR count). The Morgan fingerprint density at radius 3 is 2.05 bits per heavy atom. The minimum absolute atomic E-state index is 0.214. The van der Waals surface area contributed by atoms with E-state index in [2.05, 4.69) is 10.6 Å². The highest BCUT2D eigenvalue weighted by Crippen LogP contribution is 2.29. The maximum Gasteiger partial charge on any atom is 0.314 e. The minimum Gasteiger partial charge on any atom is -0.318 e. The Kier molecular flexibility index (Phi) is 4.83. The number of benzene rings is 2. The van der Waals surface area contributed by atoms with Crippen LogP contribution in [0.15, 0.2) is 42.5 Å². The van der Waals surface area contributed by atoms with Crippen LogP contribution in [0.4, 0.5) is 11.4 Å². The monoisotopic (exact) mass is 322 g/mol. The predicted octanol–water partition coefficient (Wildman–Crippen LogP) is 3.88. The molecular weight excluding hydrogens is 311 g/mol. The summed E-state index contributed by atoms with van der Waals surface area (Å²) < 4.78 is 0. The molecule has 0 atom stereocenters. The molecule has 0 fully saturated rings. The summed E-state index contributed by atoms with van der Waals surface area (Å²) in [7, 11) is 0. The van der Waals surface area contributed by atoms with Crippen molar-refractivity contribution in [2.45, 2.75) is 6.92 Å². The number of hydrogen-bond donors (Lipinski definition) is 2. The van der Waals surface area contributed by atoms with Crippen LogP contribution in [0.25, 0.3) is 0 Å². The van der Waals surface area contributed by atoms with Gasteiger partial charge in [-0.25, -0.2) is 0 Å². The lowest BCUT2D eigenvalue weighted by molar-refractivity contribution is -0.133. The van der Waals surface area contributed by atoms with Crippen LogP contribution in [0.2, 0.25) is 10.0 Å². The molecule has 108 valence electrons. The fourth-order valence-electron chi connectivity index (χ4n) is 1.68. The number of nitrogens with one attached hydrogen (secondary N) is 2. The summed E-state index contributed by atoms with van der Waals surface area (Å²) in [5.41, 5.74) is 1.64. The molecular formula is C15H12Cl2N2O2. The van der Waals surface area contributed by atoms with E-state index in [-0.39, 0.29) is 15.7 Å². The van der Waals surface area contributed by atoms with Crippen LogP contribution in [-0.2, 0) is 9.59 Å². The number of hydrogen-bond acceptors (Lipinski definition) is 2. The number of carbonyl (C=O) groups is 2. The summed E-state index contributed by atoms with van der Waals surface area (Å²) in [5, 5.41) is 5.46. The fraction of sp³-hybridized carbons (Fsp3) is 0.0667. The highest BCUT2D eigenvalue weighted by atomic mass is 35.5. The third-order valence-corrected chi connectivity index (χ3v) is 3.43. The average molecular weight is 323 g/mol. The molecule has 2 aromatic rings. The highest BCUT2D eigenvalue weighted by Gasteiger charge is 2.17. The predicted molar refractivity (Wildman–Crippen MR) is 84.9 cm³/mol. The van der Waals surface area contributed by atoms with E-state index in [0.717, 1.165) is 5.56 Å². The van der Waals surface area contributed by atoms with Gasteiger partial charge >= 0.3 is 11.8 Å². The third kappa shape index (κ3) is 3.74. The first kappa shape index (κ1) is 15.4. The molecule has 0 aliphatic heterocycles. The van der Waals surface area contributed by atoms with Crippen LogP contribution in [0.1, 0.15) is 5.56 Å². The number of carbonyl (C=O) groups excluding carboxylic acids is 2. The Balaban J connectivity index is 2.10. The van der Waals surface area contributed by atoms with Crippen LogP contribution in [0.5, 0.6) is 0 Å². The van der Waals surface area contributed by atoms with E-state index < -0.39 is 11.8 Å². The van der Waals surface area contributed by atoms with Gasteiger partial charge in [0.25, 0.3) is 0 Å². The molecule has 0 heterocycles. The second-order valence-electron chi connectivity index (χ2n) is 4.32. The van der Waals surface area contributed by atoms with E-state index in [9.17, 15) is 9.59 Å². The van der Waals surface area contributed by atoms with Crippen LogP contribution in [-0.4, -0.2) is 11.8 Å². The second-order valence-corrected chi connectivity index (χ2v) is 5.13. The van der Waals surface area contributed by atoms with E-state index in [1.807, 2.05) is 19.1 Å². The minimum atomic E-state index is -0.840. The molecule has 0 aromatic heterocycles. The van der Waals surface area contributed by atoms with Gasteiger partial charge in [-0.3, -0.25) is 9.59 Å². The summed E-state index contributed by atoms with van der Waals surface area (Å²) in [5.74, 6) is -1.63. The van der Waals surface area contributed by atoms with Crippen LogP contribution < -0.4 is 10.6 Å². The Morgan fingerprint density at radius 2 is 1.43 bits per heavy atom.